The van der Waals surface area contributed by atoms with Gasteiger partial charge in [-0.15, -0.1) is 0 Å². The van der Waals surface area contributed by atoms with Gasteiger partial charge in [-0.25, -0.2) is 4.79 Å². The Morgan fingerprint density at radius 1 is 1.39 bits per heavy atom. The highest BCUT2D eigenvalue weighted by atomic mass is 16.3. The summed E-state index contributed by atoms with van der Waals surface area (Å²) < 4.78 is 1.58. The van der Waals surface area contributed by atoms with E-state index in [0.29, 0.717) is 16.8 Å². The van der Waals surface area contributed by atoms with Crippen LogP contribution in [0.4, 0.5) is 10.5 Å². The Bertz CT molecular complexity index is 722. The highest BCUT2D eigenvalue weighted by Crippen LogP contribution is 2.18. The fourth-order valence-corrected chi connectivity index (χ4v) is 2.05. The maximum absolute atomic E-state index is 11.9. The monoisotopic (exact) mass is 316 g/mol. The summed E-state index contributed by atoms with van der Waals surface area (Å²) in [5, 5.41) is 19.6. The summed E-state index contributed by atoms with van der Waals surface area (Å²) >= 11 is 0. The van der Waals surface area contributed by atoms with Gasteiger partial charge < -0.3 is 15.7 Å². The van der Waals surface area contributed by atoms with Gasteiger partial charge in [0.25, 0.3) is 0 Å². The molecule has 0 spiro atoms. The number of amides is 2. The van der Waals surface area contributed by atoms with Gasteiger partial charge in [0.15, 0.2) is 5.78 Å². The molecule has 1 heterocycles. The smallest absolute Gasteiger partial charge is 0.319 e. The van der Waals surface area contributed by atoms with Gasteiger partial charge in [0.05, 0.1) is 12.7 Å². The van der Waals surface area contributed by atoms with Crippen molar-refractivity contribution < 1.29 is 14.7 Å². The number of aromatic nitrogens is 2. The minimum Gasteiger partial charge on any atom is -0.383 e. The lowest BCUT2D eigenvalue weighted by Gasteiger charge is -2.22. The molecule has 0 aliphatic carbocycles. The summed E-state index contributed by atoms with van der Waals surface area (Å²) in [4.78, 5) is 23.3. The molecule has 0 aliphatic heterocycles. The van der Waals surface area contributed by atoms with Gasteiger partial charge in [0.1, 0.15) is 5.60 Å². The number of nitrogens with one attached hydrogen (secondary N) is 2. The molecule has 23 heavy (non-hydrogen) atoms. The van der Waals surface area contributed by atoms with Crippen molar-refractivity contribution in [2.24, 2.45) is 7.05 Å². The number of aryl methyl sites for hydroxylation is 1. The number of hydrogen-bond donors (Lipinski definition) is 3. The zero-order valence-electron chi connectivity index (χ0n) is 13.3. The molecular formula is C16H20N4O3. The van der Waals surface area contributed by atoms with Gasteiger partial charge >= 0.3 is 6.03 Å². The number of Topliss-reactive ketones (excluding diaryl/α,β-unsaturated/α-hetero) is 1. The molecule has 3 N–H and O–H groups in total. The molecule has 7 heteroatoms. The molecule has 1 aromatic heterocycles. The number of rotatable bonds is 5. The standard InChI is InChI=1S/C16H20N4O3/c1-11(21)12-5-4-6-14(7-12)19-15(22)17-10-16(2,23)13-8-18-20(3)9-13/h4-9,23H,10H2,1-3H3,(H2,17,19,22). The molecule has 122 valence electrons. The van der Waals surface area contributed by atoms with Crippen LogP contribution >= 0.6 is 0 Å². The van der Waals surface area contributed by atoms with Crippen LogP contribution in [0.1, 0.15) is 29.8 Å². The first-order chi connectivity index (χ1) is 10.8. The number of anilines is 1. The van der Waals surface area contributed by atoms with Crippen LogP contribution in [0.3, 0.4) is 0 Å². The lowest BCUT2D eigenvalue weighted by molar-refractivity contribution is 0.0599. The van der Waals surface area contributed by atoms with Crippen molar-refractivity contribution in [3.63, 3.8) is 0 Å². The van der Waals surface area contributed by atoms with Crippen molar-refractivity contribution in [3.8, 4) is 0 Å². The van der Waals surface area contributed by atoms with Crippen LogP contribution in [0.2, 0.25) is 0 Å². The normalized spacial score (nSPS) is 13.2. The first-order valence-corrected chi connectivity index (χ1v) is 7.15. The summed E-state index contributed by atoms with van der Waals surface area (Å²) in [7, 11) is 1.75. The van der Waals surface area contributed by atoms with Crippen LogP contribution in [0, 0.1) is 0 Å². The summed E-state index contributed by atoms with van der Waals surface area (Å²) in [6, 6.07) is 6.19. The Hall–Kier alpha value is -2.67. The van der Waals surface area contributed by atoms with Crippen LogP contribution in [-0.2, 0) is 12.6 Å². The molecule has 2 amide bonds. The van der Waals surface area contributed by atoms with Crippen molar-refractivity contribution in [2.45, 2.75) is 19.4 Å². The predicted molar refractivity (Wildman–Crippen MR) is 86.2 cm³/mol. The SMILES string of the molecule is CC(=O)c1cccc(NC(=O)NCC(C)(O)c2cnn(C)c2)c1. The number of benzene rings is 1. The van der Waals surface area contributed by atoms with E-state index in [1.54, 1.807) is 55.3 Å². The largest absolute Gasteiger partial charge is 0.383 e. The van der Waals surface area contributed by atoms with Gasteiger partial charge in [-0.1, -0.05) is 12.1 Å². The van der Waals surface area contributed by atoms with E-state index < -0.39 is 11.6 Å². The van der Waals surface area contributed by atoms with E-state index in [1.807, 2.05) is 0 Å². The van der Waals surface area contributed by atoms with Crippen LogP contribution in [-0.4, -0.2) is 33.2 Å². The number of ketones is 1. The number of aliphatic hydroxyl groups is 1. The molecule has 0 saturated heterocycles. The number of urea groups is 1. The van der Waals surface area contributed by atoms with Crippen molar-refractivity contribution in [1.29, 1.82) is 0 Å². The van der Waals surface area contributed by atoms with Gasteiger partial charge in [-0.05, 0) is 26.0 Å². The molecule has 0 fully saturated rings. The van der Waals surface area contributed by atoms with E-state index in [0.717, 1.165) is 0 Å². The Morgan fingerprint density at radius 3 is 2.74 bits per heavy atom. The van der Waals surface area contributed by atoms with Crippen LogP contribution in [0.25, 0.3) is 0 Å². The average molecular weight is 316 g/mol. The average Bonchev–Trinajstić information content (AvgIpc) is 2.93. The summed E-state index contributed by atoms with van der Waals surface area (Å²) in [6.45, 7) is 3.09. The number of carbonyl (C=O) groups is 2. The van der Waals surface area contributed by atoms with Crippen molar-refractivity contribution >= 4 is 17.5 Å². The second-order valence-electron chi connectivity index (χ2n) is 5.62. The highest BCUT2D eigenvalue weighted by Gasteiger charge is 2.25. The van der Waals surface area contributed by atoms with Crippen LogP contribution in [0.5, 0.6) is 0 Å². The van der Waals surface area contributed by atoms with E-state index in [-0.39, 0.29) is 12.3 Å². The Kier molecular flexibility index (Phi) is 4.80. The molecule has 0 bridgehead atoms. The number of carbonyl (C=O) groups excluding carboxylic acids is 2. The number of nitrogens with zero attached hydrogens (tertiary/aromatic N) is 2. The van der Waals surface area contributed by atoms with Crippen LogP contribution < -0.4 is 10.6 Å². The molecule has 0 radical (unpaired) electrons. The molecule has 1 atom stereocenters. The third kappa shape index (κ3) is 4.40. The zero-order valence-corrected chi connectivity index (χ0v) is 13.3. The fourth-order valence-electron chi connectivity index (χ4n) is 2.05. The first kappa shape index (κ1) is 16.7. The summed E-state index contributed by atoms with van der Waals surface area (Å²) in [6.07, 6.45) is 3.24. The van der Waals surface area contributed by atoms with Crippen molar-refractivity contribution in [2.75, 3.05) is 11.9 Å². The van der Waals surface area contributed by atoms with E-state index in [4.69, 9.17) is 0 Å². The molecule has 7 nitrogen and oxygen atoms in total. The van der Waals surface area contributed by atoms with Gasteiger partial charge in [0.2, 0.25) is 0 Å². The molecule has 2 rings (SSSR count). The van der Waals surface area contributed by atoms with Crippen molar-refractivity contribution in [1.82, 2.24) is 15.1 Å². The summed E-state index contributed by atoms with van der Waals surface area (Å²) in [5.41, 5.74) is 0.410. The topological polar surface area (TPSA) is 96.2 Å². The second kappa shape index (κ2) is 6.62. The third-order valence-corrected chi connectivity index (χ3v) is 3.45. The highest BCUT2D eigenvalue weighted by molar-refractivity contribution is 5.96. The van der Waals surface area contributed by atoms with E-state index in [9.17, 15) is 14.7 Å². The molecule has 1 unspecified atom stereocenters. The lowest BCUT2D eigenvalue weighted by atomic mass is 10.00. The van der Waals surface area contributed by atoms with Crippen LogP contribution in [0.15, 0.2) is 36.7 Å². The minimum atomic E-state index is -1.23. The lowest BCUT2D eigenvalue weighted by Crippen LogP contribution is -2.40. The Morgan fingerprint density at radius 2 is 2.13 bits per heavy atom. The molecule has 2 aromatic rings. The van der Waals surface area contributed by atoms with Gasteiger partial charge in [-0.3, -0.25) is 9.48 Å². The Labute approximate surface area is 134 Å². The molecular weight excluding hydrogens is 296 g/mol. The molecule has 0 aliphatic rings. The van der Waals surface area contributed by atoms with Crippen molar-refractivity contribution in [3.05, 3.63) is 47.8 Å². The zero-order chi connectivity index (χ0) is 17.0. The Balaban J connectivity index is 1.95. The maximum Gasteiger partial charge on any atom is 0.319 e. The quantitative estimate of drug-likeness (QED) is 0.731. The number of hydrogen-bond acceptors (Lipinski definition) is 4. The van der Waals surface area contributed by atoms with E-state index in [1.165, 1.54) is 6.92 Å². The maximum atomic E-state index is 11.9. The van der Waals surface area contributed by atoms with Gasteiger partial charge in [0, 0.05) is 30.1 Å². The first-order valence-electron chi connectivity index (χ1n) is 7.15. The predicted octanol–water partition coefficient (Wildman–Crippen LogP) is 1.65. The fraction of sp³-hybridized carbons (Fsp3) is 0.312. The summed E-state index contributed by atoms with van der Waals surface area (Å²) in [5.74, 6) is -0.0754. The van der Waals surface area contributed by atoms with E-state index >= 15 is 0 Å². The van der Waals surface area contributed by atoms with Gasteiger partial charge in [-0.2, -0.15) is 5.10 Å². The van der Waals surface area contributed by atoms with E-state index in [2.05, 4.69) is 15.7 Å². The second-order valence-corrected chi connectivity index (χ2v) is 5.62. The molecule has 1 aromatic carbocycles. The molecule has 0 saturated carbocycles. The third-order valence-electron chi connectivity index (χ3n) is 3.45. The minimum absolute atomic E-state index is 0.0247.